The van der Waals surface area contributed by atoms with Crippen LogP contribution >= 0.6 is 0 Å². The Labute approximate surface area is 122 Å². The van der Waals surface area contributed by atoms with Crippen molar-refractivity contribution in [1.82, 2.24) is 4.31 Å². The Kier molecular flexibility index (Phi) is 5.61. The highest BCUT2D eigenvalue weighted by Crippen LogP contribution is 2.25. The van der Waals surface area contributed by atoms with Crippen LogP contribution in [0.25, 0.3) is 0 Å². The summed E-state index contributed by atoms with van der Waals surface area (Å²) in [5, 5.41) is 0. The predicted octanol–water partition coefficient (Wildman–Crippen LogP) is 2.17. The van der Waals surface area contributed by atoms with Crippen LogP contribution in [0.5, 0.6) is 0 Å². The second-order valence-electron chi connectivity index (χ2n) is 6.80. The number of sulfonamides is 1. The van der Waals surface area contributed by atoms with Gasteiger partial charge >= 0.3 is 5.97 Å². The highest BCUT2D eigenvalue weighted by Gasteiger charge is 2.40. The van der Waals surface area contributed by atoms with Crippen molar-refractivity contribution in [2.24, 2.45) is 5.92 Å². The Morgan fingerprint density at radius 2 is 1.95 bits per heavy atom. The van der Waals surface area contributed by atoms with Crippen LogP contribution in [0.4, 0.5) is 0 Å². The monoisotopic (exact) mass is 305 g/mol. The second-order valence-corrected chi connectivity index (χ2v) is 8.84. The summed E-state index contributed by atoms with van der Waals surface area (Å²) in [6.07, 6.45) is 1.88. The first kappa shape index (κ1) is 17.4. The Morgan fingerprint density at radius 1 is 1.35 bits per heavy atom. The lowest BCUT2D eigenvalue weighted by molar-refractivity contribution is -0.158. The molecule has 1 saturated heterocycles. The zero-order valence-corrected chi connectivity index (χ0v) is 14.0. The van der Waals surface area contributed by atoms with Gasteiger partial charge in [-0.15, -0.1) is 0 Å². The largest absolute Gasteiger partial charge is 0.459 e. The van der Waals surface area contributed by atoms with E-state index >= 15 is 0 Å². The molecule has 20 heavy (non-hydrogen) atoms. The summed E-state index contributed by atoms with van der Waals surface area (Å²) in [4.78, 5) is 12.1. The molecular formula is C14H27NO4S. The Hall–Kier alpha value is -0.620. The number of carbonyl (C=O) groups is 1. The molecule has 0 radical (unpaired) electrons. The van der Waals surface area contributed by atoms with Gasteiger partial charge < -0.3 is 4.74 Å². The number of ether oxygens (including phenoxy) is 1. The van der Waals surface area contributed by atoms with Crippen LogP contribution in [0.3, 0.4) is 0 Å². The normalized spacial score (nSPS) is 21.4. The van der Waals surface area contributed by atoms with Gasteiger partial charge in [-0.05, 0) is 46.0 Å². The number of carbonyl (C=O) groups excluding carboxylic acids is 1. The third-order valence-corrected chi connectivity index (χ3v) is 5.10. The van der Waals surface area contributed by atoms with Gasteiger partial charge in [-0.25, -0.2) is 8.42 Å². The molecule has 0 spiro atoms. The maximum absolute atomic E-state index is 12.3. The average Bonchev–Trinajstić information content (AvgIpc) is 2.73. The molecule has 0 aromatic rings. The number of hydrogen-bond acceptors (Lipinski definition) is 4. The summed E-state index contributed by atoms with van der Waals surface area (Å²) in [6, 6.07) is -0.647. The molecular weight excluding hydrogens is 278 g/mol. The summed E-state index contributed by atoms with van der Waals surface area (Å²) < 4.78 is 31.3. The van der Waals surface area contributed by atoms with Crippen LogP contribution in [0, 0.1) is 5.92 Å². The summed E-state index contributed by atoms with van der Waals surface area (Å²) in [5.41, 5.74) is -0.590. The molecule has 118 valence electrons. The molecule has 0 N–H and O–H groups in total. The topological polar surface area (TPSA) is 63.7 Å². The first-order valence-electron chi connectivity index (χ1n) is 7.25. The number of esters is 1. The van der Waals surface area contributed by atoms with Gasteiger partial charge in [0, 0.05) is 6.54 Å². The molecule has 1 atom stereocenters. The molecule has 1 aliphatic heterocycles. The van der Waals surface area contributed by atoms with Crippen LogP contribution in [-0.4, -0.2) is 42.6 Å². The van der Waals surface area contributed by atoms with Crippen LogP contribution in [0.2, 0.25) is 0 Å². The van der Waals surface area contributed by atoms with Gasteiger partial charge in [0.25, 0.3) is 0 Å². The van der Waals surface area contributed by atoms with E-state index in [0.29, 0.717) is 31.7 Å². The quantitative estimate of drug-likeness (QED) is 0.730. The van der Waals surface area contributed by atoms with Crippen molar-refractivity contribution in [2.45, 2.75) is 65.5 Å². The van der Waals surface area contributed by atoms with Gasteiger partial charge in [0.1, 0.15) is 11.6 Å². The van der Waals surface area contributed by atoms with Crippen molar-refractivity contribution in [3.63, 3.8) is 0 Å². The predicted molar refractivity (Wildman–Crippen MR) is 78.8 cm³/mol. The van der Waals surface area contributed by atoms with Gasteiger partial charge in [0.2, 0.25) is 10.0 Å². The van der Waals surface area contributed by atoms with Crippen molar-refractivity contribution in [3.05, 3.63) is 0 Å². The van der Waals surface area contributed by atoms with E-state index in [1.165, 1.54) is 4.31 Å². The summed E-state index contributed by atoms with van der Waals surface area (Å²) in [6.45, 7) is 9.77. The Morgan fingerprint density at radius 3 is 2.45 bits per heavy atom. The molecule has 0 aromatic heterocycles. The van der Waals surface area contributed by atoms with Crippen LogP contribution in [0.1, 0.15) is 53.9 Å². The molecule has 6 heteroatoms. The molecule has 0 bridgehead atoms. The third-order valence-electron chi connectivity index (χ3n) is 3.19. The smallest absolute Gasteiger partial charge is 0.324 e. The summed E-state index contributed by atoms with van der Waals surface area (Å²) in [7, 11) is -3.37. The number of nitrogens with zero attached hydrogens (tertiary/aromatic N) is 1. The van der Waals surface area contributed by atoms with Gasteiger partial charge in [-0.2, -0.15) is 4.31 Å². The second kappa shape index (κ2) is 6.43. The zero-order valence-electron chi connectivity index (χ0n) is 13.2. The molecule has 1 heterocycles. The van der Waals surface area contributed by atoms with Crippen molar-refractivity contribution < 1.29 is 17.9 Å². The standard InChI is InChI=1S/C14H27NO4S/c1-11(2)8-10-20(17,18)15-9-6-7-12(15)13(16)19-14(3,4)5/h11-12H,6-10H2,1-5H3/t12-/m0/s1. The maximum Gasteiger partial charge on any atom is 0.324 e. The number of hydrogen-bond donors (Lipinski definition) is 0. The molecule has 0 unspecified atom stereocenters. The van der Waals surface area contributed by atoms with Crippen molar-refractivity contribution in [1.29, 1.82) is 0 Å². The van der Waals surface area contributed by atoms with Gasteiger partial charge in [0.05, 0.1) is 5.75 Å². The van der Waals surface area contributed by atoms with E-state index in [0.717, 1.165) is 0 Å². The zero-order chi connectivity index (χ0) is 15.6. The SMILES string of the molecule is CC(C)CCS(=O)(=O)N1CCC[C@H]1C(=O)OC(C)(C)C. The lowest BCUT2D eigenvalue weighted by Crippen LogP contribution is -2.44. The lowest BCUT2D eigenvalue weighted by Gasteiger charge is -2.27. The summed E-state index contributed by atoms with van der Waals surface area (Å²) >= 11 is 0. The first-order chi connectivity index (χ1) is 9.03. The fourth-order valence-electron chi connectivity index (χ4n) is 2.18. The van der Waals surface area contributed by atoms with Crippen molar-refractivity contribution in [3.8, 4) is 0 Å². The Balaban J connectivity index is 2.76. The molecule has 0 saturated carbocycles. The highest BCUT2D eigenvalue weighted by atomic mass is 32.2. The maximum atomic E-state index is 12.3. The van der Waals surface area contributed by atoms with Crippen molar-refractivity contribution >= 4 is 16.0 Å². The average molecular weight is 305 g/mol. The highest BCUT2D eigenvalue weighted by molar-refractivity contribution is 7.89. The van der Waals surface area contributed by atoms with Crippen LogP contribution < -0.4 is 0 Å². The van der Waals surface area contributed by atoms with E-state index in [1.54, 1.807) is 20.8 Å². The van der Waals surface area contributed by atoms with Gasteiger partial charge in [-0.1, -0.05) is 13.8 Å². The van der Waals surface area contributed by atoms with Crippen LogP contribution in [0.15, 0.2) is 0 Å². The first-order valence-corrected chi connectivity index (χ1v) is 8.86. The molecule has 0 amide bonds. The third kappa shape index (κ3) is 5.05. The van der Waals surface area contributed by atoms with Gasteiger partial charge in [0.15, 0.2) is 0 Å². The fourth-order valence-corrected chi connectivity index (χ4v) is 4.17. The van der Waals surface area contributed by atoms with E-state index < -0.39 is 27.6 Å². The minimum atomic E-state index is -3.37. The van der Waals surface area contributed by atoms with Crippen LogP contribution in [-0.2, 0) is 19.6 Å². The summed E-state index contributed by atoms with van der Waals surface area (Å²) in [5.74, 6) is -0.000255. The van der Waals surface area contributed by atoms with Crippen molar-refractivity contribution in [2.75, 3.05) is 12.3 Å². The van der Waals surface area contributed by atoms with E-state index in [-0.39, 0.29) is 5.75 Å². The molecule has 5 nitrogen and oxygen atoms in total. The number of rotatable bonds is 5. The molecule has 0 aliphatic carbocycles. The molecule has 1 aliphatic rings. The van der Waals surface area contributed by atoms with Gasteiger partial charge in [-0.3, -0.25) is 4.79 Å². The van der Waals surface area contributed by atoms with E-state index in [2.05, 4.69) is 0 Å². The van der Waals surface area contributed by atoms with E-state index in [4.69, 9.17) is 4.74 Å². The fraction of sp³-hybridized carbons (Fsp3) is 0.929. The van der Waals surface area contributed by atoms with E-state index in [1.807, 2.05) is 13.8 Å². The Bertz CT molecular complexity index is 437. The molecule has 1 fully saturated rings. The van der Waals surface area contributed by atoms with E-state index in [9.17, 15) is 13.2 Å². The molecule has 1 rings (SSSR count). The minimum absolute atomic E-state index is 0.101. The lowest BCUT2D eigenvalue weighted by atomic mass is 10.2. The minimum Gasteiger partial charge on any atom is -0.459 e. The molecule has 0 aromatic carbocycles.